The first-order valence-electron chi connectivity index (χ1n) is 7.29. The van der Waals surface area contributed by atoms with Gasteiger partial charge in [-0.25, -0.2) is 0 Å². The molecule has 0 fully saturated rings. The minimum Gasteiger partial charge on any atom is -0.508 e. The number of benzene rings is 2. The summed E-state index contributed by atoms with van der Waals surface area (Å²) >= 11 is 0. The van der Waals surface area contributed by atoms with Crippen molar-refractivity contribution in [2.45, 2.75) is 32.3 Å². The standard InChI is InChI=1S/C18H22O3/c1-13(9-14-5-3-2-4-6-14)7-8-18(21)15-10-16(19)12-17(20)11-15/h2-6,10-13,18-21H,7-9H2,1H3/t13-,18-/m0/s1. The fourth-order valence-corrected chi connectivity index (χ4v) is 2.54. The van der Waals surface area contributed by atoms with Crippen molar-refractivity contribution in [3.63, 3.8) is 0 Å². The van der Waals surface area contributed by atoms with Crippen LogP contribution in [0.25, 0.3) is 0 Å². The van der Waals surface area contributed by atoms with E-state index in [1.165, 1.54) is 23.8 Å². The van der Waals surface area contributed by atoms with Gasteiger partial charge in [0.15, 0.2) is 0 Å². The summed E-state index contributed by atoms with van der Waals surface area (Å²) in [6, 6.07) is 14.5. The van der Waals surface area contributed by atoms with Gasteiger partial charge in [-0.3, -0.25) is 0 Å². The van der Waals surface area contributed by atoms with Crippen LogP contribution in [0.1, 0.15) is 37.0 Å². The molecule has 3 heteroatoms. The highest BCUT2D eigenvalue weighted by atomic mass is 16.3. The Morgan fingerprint density at radius 3 is 2.14 bits per heavy atom. The van der Waals surface area contributed by atoms with E-state index in [1.807, 2.05) is 18.2 Å². The lowest BCUT2D eigenvalue weighted by Gasteiger charge is -2.16. The predicted molar refractivity (Wildman–Crippen MR) is 83.3 cm³/mol. The second kappa shape index (κ2) is 7.14. The lowest BCUT2D eigenvalue weighted by molar-refractivity contribution is 0.157. The number of hydrogen-bond acceptors (Lipinski definition) is 3. The van der Waals surface area contributed by atoms with Gasteiger partial charge in [0.25, 0.3) is 0 Å². The number of aliphatic hydroxyl groups excluding tert-OH is 1. The summed E-state index contributed by atoms with van der Waals surface area (Å²) in [6.07, 6.45) is 1.81. The summed E-state index contributed by atoms with van der Waals surface area (Å²) < 4.78 is 0. The second-order valence-electron chi connectivity index (χ2n) is 5.67. The number of aliphatic hydroxyl groups is 1. The highest BCUT2D eigenvalue weighted by molar-refractivity contribution is 5.37. The first-order chi connectivity index (χ1) is 10.0. The molecule has 0 bridgehead atoms. The van der Waals surface area contributed by atoms with Crippen molar-refractivity contribution in [3.05, 3.63) is 59.7 Å². The van der Waals surface area contributed by atoms with Crippen molar-refractivity contribution < 1.29 is 15.3 Å². The van der Waals surface area contributed by atoms with Crippen molar-refractivity contribution in [1.82, 2.24) is 0 Å². The molecular formula is C18H22O3. The van der Waals surface area contributed by atoms with Gasteiger partial charge in [-0.1, -0.05) is 37.3 Å². The molecule has 0 aliphatic rings. The first-order valence-corrected chi connectivity index (χ1v) is 7.29. The Labute approximate surface area is 125 Å². The first kappa shape index (κ1) is 15.4. The molecule has 2 aromatic carbocycles. The van der Waals surface area contributed by atoms with Crippen molar-refractivity contribution in [2.75, 3.05) is 0 Å². The van der Waals surface area contributed by atoms with Crippen LogP contribution in [0.15, 0.2) is 48.5 Å². The zero-order valence-corrected chi connectivity index (χ0v) is 12.2. The Hall–Kier alpha value is -2.00. The fraction of sp³-hybridized carbons (Fsp3) is 0.333. The summed E-state index contributed by atoms with van der Waals surface area (Å²) in [4.78, 5) is 0. The molecule has 0 saturated heterocycles. The number of aromatic hydroxyl groups is 2. The minimum absolute atomic E-state index is 0.0265. The van der Waals surface area contributed by atoms with Crippen LogP contribution in [0.3, 0.4) is 0 Å². The zero-order chi connectivity index (χ0) is 15.2. The van der Waals surface area contributed by atoms with Crippen LogP contribution >= 0.6 is 0 Å². The largest absolute Gasteiger partial charge is 0.508 e. The number of rotatable bonds is 6. The van der Waals surface area contributed by atoms with Crippen molar-refractivity contribution in [1.29, 1.82) is 0 Å². The normalized spacial score (nSPS) is 13.8. The van der Waals surface area contributed by atoms with Gasteiger partial charge in [-0.05, 0) is 48.4 Å². The van der Waals surface area contributed by atoms with Crippen LogP contribution < -0.4 is 0 Å². The molecule has 0 spiro atoms. The molecule has 0 aliphatic carbocycles. The molecule has 0 saturated carbocycles. The lowest BCUT2D eigenvalue weighted by atomic mass is 9.93. The van der Waals surface area contributed by atoms with Gasteiger partial charge in [0.1, 0.15) is 11.5 Å². The van der Waals surface area contributed by atoms with Gasteiger partial charge in [-0.2, -0.15) is 0 Å². The van der Waals surface area contributed by atoms with E-state index in [2.05, 4.69) is 19.1 Å². The summed E-state index contributed by atoms with van der Waals surface area (Å²) in [7, 11) is 0. The Morgan fingerprint density at radius 1 is 0.905 bits per heavy atom. The molecule has 2 aromatic rings. The molecule has 21 heavy (non-hydrogen) atoms. The Morgan fingerprint density at radius 2 is 1.52 bits per heavy atom. The molecular weight excluding hydrogens is 264 g/mol. The third-order valence-corrected chi connectivity index (χ3v) is 3.67. The van der Waals surface area contributed by atoms with Crippen LogP contribution in [0.2, 0.25) is 0 Å². The second-order valence-corrected chi connectivity index (χ2v) is 5.67. The molecule has 0 aliphatic heterocycles. The number of phenols is 2. The Kier molecular flexibility index (Phi) is 5.23. The molecule has 2 atom stereocenters. The molecule has 0 heterocycles. The van der Waals surface area contributed by atoms with Crippen LogP contribution in [0, 0.1) is 5.92 Å². The highest BCUT2D eigenvalue weighted by Gasteiger charge is 2.12. The highest BCUT2D eigenvalue weighted by Crippen LogP contribution is 2.28. The Balaban J connectivity index is 1.87. The molecule has 112 valence electrons. The van der Waals surface area contributed by atoms with E-state index in [0.29, 0.717) is 17.9 Å². The maximum absolute atomic E-state index is 10.2. The summed E-state index contributed by atoms with van der Waals surface area (Å²) in [5.74, 6) is 0.413. The average Bonchev–Trinajstić information content (AvgIpc) is 2.45. The smallest absolute Gasteiger partial charge is 0.119 e. The van der Waals surface area contributed by atoms with E-state index in [-0.39, 0.29) is 11.5 Å². The number of phenolic OH excluding ortho intramolecular Hbond substituents is 2. The van der Waals surface area contributed by atoms with E-state index in [4.69, 9.17) is 0 Å². The van der Waals surface area contributed by atoms with Gasteiger partial charge < -0.3 is 15.3 Å². The van der Waals surface area contributed by atoms with Crippen molar-refractivity contribution in [3.8, 4) is 11.5 Å². The minimum atomic E-state index is -0.666. The van der Waals surface area contributed by atoms with E-state index in [9.17, 15) is 15.3 Å². The maximum atomic E-state index is 10.2. The molecule has 0 radical (unpaired) electrons. The van der Waals surface area contributed by atoms with E-state index in [1.54, 1.807) is 0 Å². The van der Waals surface area contributed by atoms with E-state index >= 15 is 0 Å². The van der Waals surface area contributed by atoms with Crippen LogP contribution in [0.4, 0.5) is 0 Å². The SMILES string of the molecule is C[C@@H](CC[C@H](O)c1cc(O)cc(O)c1)Cc1ccccc1. The summed E-state index contributed by atoms with van der Waals surface area (Å²) in [5, 5.41) is 29.0. The quantitative estimate of drug-likeness (QED) is 0.757. The monoisotopic (exact) mass is 286 g/mol. The van der Waals surface area contributed by atoms with Gasteiger partial charge in [0, 0.05) is 6.07 Å². The molecule has 3 N–H and O–H groups in total. The maximum Gasteiger partial charge on any atom is 0.119 e. The van der Waals surface area contributed by atoms with E-state index in [0.717, 1.165) is 12.8 Å². The third-order valence-electron chi connectivity index (χ3n) is 3.67. The fourth-order valence-electron chi connectivity index (χ4n) is 2.54. The molecule has 0 aromatic heterocycles. The summed E-state index contributed by atoms with van der Waals surface area (Å²) in [6.45, 7) is 2.17. The van der Waals surface area contributed by atoms with Crippen molar-refractivity contribution in [2.24, 2.45) is 5.92 Å². The zero-order valence-electron chi connectivity index (χ0n) is 12.2. The predicted octanol–water partition coefficient (Wildman–Crippen LogP) is 3.79. The van der Waals surface area contributed by atoms with Gasteiger partial charge in [0.05, 0.1) is 6.10 Å². The lowest BCUT2D eigenvalue weighted by Crippen LogP contribution is -2.04. The van der Waals surface area contributed by atoms with E-state index < -0.39 is 6.10 Å². The molecule has 3 nitrogen and oxygen atoms in total. The Bertz CT molecular complexity index is 546. The van der Waals surface area contributed by atoms with Gasteiger partial charge >= 0.3 is 0 Å². The third kappa shape index (κ3) is 4.80. The summed E-state index contributed by atoms with van der Waals surface area (Å²) in [5.41, 5.74) is 1.86. The van der Waals surface area contributed by atoms with Gasteiger partial charge in [-0.15, -0.1) is 0 Å². The van der Waals surface area contributed by atoms with Gasteiger partial charge in [0.2, 0.25) is 0 Å². The molecule has 0 amide bonds. The van der Waals surface area contributed by atoms with Crippen molar-refractivity contribution >= 4 is 0 Å². The average molecular weight is 286 g/mol. The van der Waals surface area contributed by atoms with Crippen LogP contribution in [-0.4, -0.2) is 15.3 Å². The number of hydrogen-bond donors (Lipinski definition) is 3. The van der Waals surface area contributed by atoms with Crippen LogP contribution in [-0.2, 0) is 6.42 Å². The molecule has 2 rings (SSSR count). The topological polar surface area (TPSA) is 60.7 Å². The molecule has 0 unspecified atom stereocenters. The van der Waals surface area contributed by atoms with Crippen LogP contribution in [0.5, 0.6) is 11.5 Å².